The average molecular weight is 419 g/mol. The van der Waals surface area contributed by atoms with Crippen LogP contribution in [0.1, 0.15) is 19.8 Å². The quantitative estimate of drug-likeness (QED) is 0.721. The summed E-state index contributed by atoms with van der Waals surface area (Å²) in [7, 11) is -3.39. The topological polar surface area (TPSA) is 95.6 Å². The van der Waals surface area contributed by atoms with Gasteiger partial charge in [0.1, 0.15) is 5.82 Å². The van der Waals surface area contributed by atoms with E-state index in [0.29, 0.717) is 17.8 Å². The first-order chi connectivity index (χ1) is 13.8. The highest BCUT2D eigenvalue weighted by Gasteiger charge is 2.36. The summed E-state index contributed by atoms with van der Waals surface area (Å²) in [5, 5.41) is 2.72. The van der Waals surface area contributed by atoms with Crippen LogP contribution in [0.15, 0.2) is 48.5 Å². The van der Waals surface area contributed by atoms with E-state index < -0.39 is 21.8 Å². The number of benzene rings is 2. The van der Waals surface area contributed by atoms with E-state index in [0.717, 1.165) is 0 Å². The second-order valence-electron chi connectivity index (χ2n) is 6.84. The van der Waals surface area contributed by atoms with E-state index in [1.54, 1.807) is 37.3 Å². The van der Waals surface area contributed by atoms with Crippen LogP contribution >= 0.6 is 0 Å². The second kappa shape index (κ2) is 8.60. The lowest BCUT2D eigenvalue weighted by atomic mass is 10.1. The maximum Gasteiger partial charge on any atom is 0.232 e. The Morgan fingerprint density at radius 3 is 2.45 bits per heavy atom. The maximum atomic E-state index is 14.0. The molecule has 1 aliphatic heterocycles. The van der Waals surface area contributed by atoms with E-state index in [2.05, 4.69) is 10.0 Å². The van der Waals surface area contributed by atoms with Crippen LogP contribution in [0.3, 0.4) is 0 Å². The lowest BCUT2D eigenvalue weighted by molar-refractivity contribution is -0.122. The van der Waals surface area contributed by atoms with Crippen molar-refractivity contribution in [2.75, 3.05) is 27.2 Å². The predicted molar refractivity (Wildman–Crippen MR) is 110 cm³/mol. The Balaban J connectivity index is 1.62. The molecule has 1 heterocycles. The first-order valence-corrected chi connectivity index (χ1v) is 10.9. The fraction of sp³-hybridized carbons (Fsp3) is 0.300. The van der Waals surface area contributed by atoms with Gasteiger partial charge in [0.2, 0.25) is 21.8 Å². The average Bonchev–Trinajstić information content (AvgIpc) is 3.05. The van der Waals surface area contributed by atoms with E-state index in [4.69, 9.17) is 0 Å². The molecule has 9 heteroatoms. The van der Waals surface area contributed by atoms with Crippen molar-refractivity contribution in [2.24, 2.45) is 5.92 Å². The predicted octanol–water partition coefficient (Wildman–Crippen LogP) is 2.97. The first kappa shape index (κ1) is 20.8. The number of sulfonamides is 1. The Hall–Kier alpha value is -2.94. The van der Waals surface area contributed by atoms with Crippen LogP contribution < -0.4 is 14.9 Å². The van der Waals surface area contributed by atoms with Crippen LogP contribution in [0.2, 0.25) is 0 Å². The summed E-state index contributed by atoms with van der Waals surface area (Å²) in [6.45, 7) is 1.87. The molecule has 2 aromatic rings. The zero-order valence-electron chi connectivity index (χ0n) is 15.9. The third-order valence-corrected chi connectivity index (χ3v) is 6.03. The van der Waals surface area contributed by atoms with Crippen LogP contribution in [0.5, 0.6) is 0 Å². The van der Waals surface area contributed by atoms with Crippen LogP contribution in [0, 0.1) is 11.7 Å². The van der Waals surface area contributed by atoms with Gasteiger partial charge >= 0.3 is 0 Å². The van der Waals surface area contributed by atoms with Crippen LogP contribution in [0.4, 0.5) is 21.5 Å². The van der Waals surface area contributed by atoms with E-state index in [9.17, 15) is 22.4 Å². The van der Waals surface area contributed by atoms with Gasteiger partial charge in [0, 0.05) is 24.3 Å². The van der Waals surface area contributed by atoms with Crippen LogP contribution in [-0.2, 0) is 19.6 Å². The highest BCUT2D eigenvalue weighted by Crippen LogP contribution is 2.28. The first-order valence-electron chi connectivity index (χ1n) is 9.25. The Labute approximate surface area is 169 Å². The van der Waals surface area contributed by atoms with E-state index >= 15 is 0 Å². The van der Waals surface area contributed by atoms with Gasteiger partial charge in [-0.15, -0.1) is 0 Å². The van der Waals surface area contributed by atoms with Crippen molar-refractivity contribution in [3.63, 3.8) is 0 Å². The summed E-state index contributed by atoms with van der Waals surface area (Å²) in [6, 6.07) is 12.2. The minimum atomic E-state index is -3.39. The molecule has 7 nitrogen and oxygen atoms in total. The lowest BCUT2D eigenvalue weighted by Gasteiger charge is -2.17. The number of carbonyl (C=O) groups is 2. The molecule has 0 bridgehead atoms. The van der Waals surface area contributed by atoms with Crippen molar-refractivity contribution in [1.82, 2.24) is 0 Å². The summed E-state index contributed by atoms with van der Waals surface area (Å²) < 4.78 is 40.0. The molecule has 1 aliphatic rings. The second-order valence-corrected chi connectivity index (χ2v) is 8.69. The number of nitrogens with one attached hydrogen (secondary N) is 2. The van der Waals surface area contributed by atoms with Crippen molar-refractivity contribution in [2.45, 2.75) is 19.8 Å². The van der Waals surface area contributed by atoms with Crippen molar-refractivity contribution in [1.29, 1.82) is 0 Å². The zero-order valence-corrected chi connectivity index (χ0v) is 16.7. The van der Waals surface area contributed by atoms with E-state index in [1.165, 1.54) is 23.1 Å². The number of para-hydroxylation sites is 1. The van der Waals surface area contributed by atoms with Gasteiger partial charge in [0.25, 0.3) is 0 Å². The number of hydrogen-bond donors (Lipinski definition) is 2. The number of rotatable bonds is 7. The SMILES string of the molecule is CCCS(=O)(=O)Nc1ccc(NC(=O)C2CC(=O)N(c3ccccc3F)C2)cc1. The molecule has 0 spiro atoms. The number of nitrogens with zero attached hydrogens (tertiary/aromatic N) is 1. The number of anilines is 3. The summed E-state index contributed by atoms with van der Waals surface area (Å²) >= 11 is 0. The molecule has 1 atom stereocenters. The van der Waals surface area contributed by atoms with E-state index in [-0.39, 0.29) is 36.2 Å². The minimum Gasteiger partial charge on any atom is -0.326 e. The molecule has 0 aromatic heterocycles. The molecule has 1 saturated heterocycles. The maximum absolute atomic E-state index is 14.0. The normalized spacial score (nSPS) is 16.7. The molecule has 1 fully saturated rings. The molecule has 2 aromatic carbocycles. The molecule has 29 heavy (non-hydrogen) atoms. The molecule has 0 radical (unpaired) electrons. The van der Waals surface area contributed by atoms with Gasteiger partial charge in [0.05, 0.1) is 17.4 Å². The molecule has 3 rings (SSSR count). The van der Waals surface area contributed by atoms with Gasteiger partial charge in [-0.3, -0.25) is 14.3 Å². The fourth-order valence-corrected chi connectivity index (χ4v) is 4.29. The van der Waals surface area contributed by atoms with Crippen molar-refractivity contribution in [3.05, 3.63) is 54.3 Å². The largest absolute Gasteiger partial charge is 0.326 e. The minimum absolute atomic E-state index is 0.00489. The number of halogens is 1. The third-order valence-electron chi connectivity index (χ3n) is 4.54. The smallest absolute Gasteiger partial charge is 0.232 e. The van der Waals surface area contributed by atoms with E-state index in [1.807, 2.05) is 0 Å². The summed E-state index contributed by atoms with van der Waals surface area (Å²) in [4.78, 5) is 26.0. The van der Waals surface area contributed by atoms with Gasteiger partial charge < -0.3 is 10.2 Å². The summed E-state index contributed by atoms with van der Waals surface area (Å²) in [6.07, 6.45) is 0.503. The molecule has 2 amide bonds. The Morgan fingerprint density at radius 2 is 1.79 bits per heavy atom. The Kier molecular flexibility index (Phi) is 6.17. The highest BCUT2D eigenvalue weighted by atomic mass is 32.2. The van der Waals surface area contributed by atoms with Gasteiger partial charge in [0.15, 0.2) is 0 Å². The van der Waals surface area contributed by atoms with Crippen molar-refractivity contribution < 1.29 is 22.4 Å². The molecular weight excluding hydrogens is 397 g/mol. The molecule has 0 saturated carbocycles. The molecular formula is C20H22FN3O4S. The number of carbonyl (C=O) groups excluding carboxylic acids is 2. The lowest BCUT2D eigenvalue weighted by Crippen LogP contribution is -2.28. The van der Waals surface area contributed by atoms with Crippen LogP contribution in [-0.4, -0.2) is 32.5 Å². The van der Waals surface area contributed by atoms with Gasteiger partial charge in [-0.2, -0.15) is 0 Å². The summed E-state index contributed by atoms with van der Waals surface area (Å²) in [5.74, 6) is -1.75. The standard InChI is InChI=1S/C20H22FN3O4S/c1-2-11-29(27,28)23-16-9-7-15(8-10-16)22-20(26)14-12-19(25)24(13-14)18-6-4-3-5-17(18)21/h3-10,14,23H,2,11-13H2,1H3,(H,22,26). The number of hydrogen-bond acceptors (Lipinski definition) is 4. The molecule has 0 aliphatic carbocycles. The summed E-state index contributed by atoms with van der Waals surface area (Å²) in [5.41, 5.74) is 1.04. The molecule has 1 unspecified atom stereocenters. The third kappa shape index (κ3) is 5.11. The zero-order chi connectivity index (χ0) is 21.0. The Bertz CT molecular complexity index is 1010. The van der Waals surface area contributed by atoms with Gasteiger partial charge in [-0.05, 0) is 42.8 Å². The monoisotopic (exact) mass is 419 g/mol. The van der Waals surface area contributed by atoms with Crippen molar-refractivity contribution in [3.8, 4) is 0 Å². The Morgan fingerprint density at radius 1 is 1.14 bits per heavy atom. The molecule has 2 N–H and O–H groups in total. The van der Waals surface area contributed by atoms with Crippen LogP contribution in [0.25, 0.3) is 0 Å². The van der Waals surface area contributed by atoms with Crippen molar-refractivity contribution >= 4 is 38.9 Å². The fourth-order valence-electron chi connectivity index (χ4n) is 3.15. The van der Waals surface area contributed by atoms with Gasteiger partial charge in [-0.1, -0.05) is 19.1 Å². The van der Waals surface area contributed by atoms with Gasteiger partial charge in [-0.25, -0.2) is 12.8 Å². The number of amides is 2. The molecule has 154 valence electrons. The highest BCUT2D eigenvalue weighted by molar-refractivity contribution is 7.92.